The molecule has 2 unspecified atom stereocenters. The van der Waals surface area contributed by atoms with Crippen LogP contribution >= 0.6 is 0 Å². The van der Waals surface area contributed by atoms with Gasteiger partial charge in [-0.15, -0.1) is 0 Å². The molecule has 13 heteroatoms. The van der Waals surface area contributed by atoms with Crippen LogP contribution in [0.2, 0.25) is 0 Å². The maximum atomic E-state index is 14.4. The summed E-state index contributed by atoms with van der Waals surface area (Å²) in [7, 11) is 0. The highest BCUT2D eigenvalue weighted by atomic mass is 16.6. The van der Waals surface area contributed by atoms with Crippen LogP contribution in [0.15, 0.2) is 134 Å². The Kier molecular flexibility index (Phi) is 8.62. The van der Waals surface area contributed by atoms with Crippen LogP contribution in [-0.2, 0) is 4.74 Å². The van der Waals surface area contributed by atoms with E-state index in [-0.39, 0.29) is 39.2 Å². The molecule has 4 aromatic carbocycles. The molecular weight excluding hydrogens is 654 g/mol. The van der Waals surface area contributed by atoms with Gasteiger partial charge in [0.2, 0.25) is 17.2 Å². The lowest BCUT2D eigenvalue weighted by molar-refractivity contribution is -0.104. The van der Waals surface area contributed by atoms with Crippen molar-refractivity contribution in [2.45, 2.75) is 23.5 Å². The summed E-state index contributed by atoms with van der Waals surface area (Å²) in [6, 6.07) is 31.1. The third kappa shape index (κ3) is 5.32. The number of anilines is 1. The van der Waals surface area contributed by atoms with Crippen molar-refractivity contribution in [2.24, 2.45) is 0 Å². The third-order valence-electron chi connectivity index (χ3n) is 8.88. The number of aliphatic hydroxyl groups is 3. The smallest absolute Gasteiger partial charge is 0.266 e. The molecule has 0 radical (unpaired) electrons. The number of imide groups is 1. The van der Waals surface area contributed by atoms with Gasteiger partial charge in [0, 0.05) is 22.3 Å². The lowest BCUT2D eigenvalue weighted by atomic mass is 9.71. The molecule has 1 fully saturated rings. The fourth-order valence-corrected chi connectivity index (χ4v) is 6.33. The van der Waals surface area contributed by atoms with Gasteiger partial charge in [-0.25, -0.2) is 19.9 Å². The number of Topliss-reactive ketones (excluding diaryl/α,β-unsaturated/α-hetero) is 2. The van der Waals surface area contributed by atoms with Crippen molar-refractivity contribution in [1.82, 2.24) is 19.5 Å². The molecule has 254 valence electrons. The van der Waals surface area contributed by atoms with Gasteiger partial charge in [0.05, 0.1) is 12.9 Å². The van der Waals surface area contributed by atoms with Gasteiger partial charge in [0.1, 0.15) is 12.4 Å². The van der Waals surface area contributed by atoms with Gasteiger partial charge in [-0.2, -0.15) is 0 Å². The minimum atomic E-state index is -3.09. The number of carbonyl (C=O) groups is 4. The number of aromatic nitrogens is 4. The molecule has 2 amide bonds. The van der Waals surface area contributed by atoms with E-state index in [9.17, 15) is 34.5 Å². The Morgan fingerprint density at radius 2 is 1.10 bits per heavy atom. The number of hydrogen-bond acceptors (Lipinski definition) is 11. The second-order valence-electron chi connectivity index (χ2n) is 11.8. The number of ether oxygens (including phenoxy) is 1. The van der Waals surface area contributed by atoms with Gasteiger partial charge in [-0.1, -0.05) is 97.1 Å². The second-order valence-corrected chi connectivity index (χ2v) is 11.8. The molecule has 0 spiro atoms. The Labute approximate surface area is 290 Å². The minimum Gasteiger partial charge on any atom is -0.394 e. The maximum Gasteiger partial charge on any atom is 0.266 e. The number of amides is 2. The van der Waals surface area contributed by atoms with E-state index in [4.69, 9.17) is 4.74 Å². The highest BCUT2D eigenvalue weighted by molar-refractivity contribution is 6.27. The topological polar surface area (TPSA) is 185 Å². The summed E-state index contributed by atoms with van der Waals surface area (Å²) in [5.41, 5.74) is -6.16. The molecule has 51 heavy (non-hydrogen) atoms. The number of aliphatic hydroxyl groups excluding tert-OH is 1. The van der Waals surface area contributed by atoms with Crippen LogP contribution in [0.1, 0.15) is 47.7 Å². The zero-order chi connectivity index (χ0) is 35.8. The van der Waals surface area contributed by atoms with Crippen LogP contribution in [0.5, 0.6) is 0 Å². The Morgan fingerprint density at radius 1 is 0.647 bits per heavy atom. The van der Waals surface area contributed by atoms with Crippen molar-refractivity contribution in [3.63, 3.8) is 0 Å². The molecular formula is C38H29N5O8. The van der Waals surface area contributed by atoms with Crippen LogP contribution in [0.4, 0.5) is 5.82 Å². The van der Waals surface area contributed by atoms with Crippen LogP contribution < -0.4 is 4.90 Å². The van der Waals surface area contributed by atoms with Gasteiger partial charge < -0.3 is 20.1 Å². The number of ketones is 2. The summed E-state index contributed by atoms with van der Waals surface area (Å²) >= 11 is 0. The zero-order valence-electron chi connectivity index (χ0n) is 26.7. The van der Waals surface area contributed by atoms with Crippen LogP contribution in [0.3, 0.4) is 0 Å². The quantitative estimate of drug-likeness (QED) is 0.150. The lowest BCUT2D eigenvalue weighted by Crippen LogP contribution is -2.67. The van der Waals surface area contributed by atoms with E-state index < -0.39 is 53.5 Å². The molecule has 3 N–H and O–H groups in total. The van der Waals surface area contributed by atoms with Crippen molar-refractivity contribution in [2.75, 3.05) is 11.5 Å². The Bertz CT molecular complexity index is 2200. The summed E-state index contributed by atoms with van der Waals surface area (Å²) in [5, 5.41) is 35.5. The summed E-state index contributed by atoms with van der Waals surface area (Å²) in [5.74, 6) is -3.85. The number of rotatable bonds is 9. The largest absolute Gasteiger partial charge is 0.394 e. The molecule has 0 bridgehead atoms. The van der Waals surface area contributed by atoms with Crippen molar-refractivity contribution >= 4 is 40.4 Å². The van der Waals surface area contributed by atoms with Crippen LogP contribution in [0, 0.1) is 0 Å². The normalized spacial score (nSPS) is 21.3. The first-order valence-corrected chi connectivity index (χ1v) is 15.8. The molecule has 2 aromatic heterocycles. The Hall–Kier alpha value is -6.25. The van der Waals surface area contributed by atoms with E-state index in [1.807, 2.05) is 0 Å². The summed E-state index contributed by atoms with van der Waals surface area (Å²) in [6.07, 6.45) is -1.57. The SMILES string of the molecule is O=C(c1ccccc1)N(C(=O)c1ccccc1)c1ncnc2c1ncn2C1OC(CO)[C@](O)(C(=O)c2ccccc2)[C@]1(O)C(=O)c1ccccc1. The molecule has 13 nitrogen and oxygen atoms in total. The Morgan fingerprint density at radius 3 is 1.57 bits per heavy atom. The summed E-state index contributed by atoms with van der Waals surface area (Å²) in [4.78, 5) is 70.3. The van der Waals surface area contributed by atoms with Crippen molar-refractivity contribution in [1.29, 1.82) is 0 Å². The molecule has 1 aliphatic rings. The first-order valence-electron chi connectivity index (χ1n) is 15.8. The van der Waals surface area contributed by atoms with Crippen LogP contribution in [0.25, 0.3) is 11.2 Å². The second kappa shape index (κ2) is 13.2. The maximum absolute atomic E-state index is 14.4. The fourth-order valence-electron chi connectivity index (χ4n) is 6.33. The van der Waals surface area contributed by atoms with Gasteiger partial charge >= 0.3 is 0 Å². The van der Waals surface area contributed by atoms with Crippen molar-refractivity contribution < 1.29 is 39.2 Å². The van der Waals surface area contributed by atoms with E-state index in [0.29, 0.717) is 0 Å². The highest BCUT2D eigenvalue weighted by Gasteiger charge is 2.74. The van der Waals surface area contributed by atoms with Gasteiger partial charge in [-0.05, 0) is 24.3 Å². The van der Waals surface area contributed by atoms with Crippen molar-refractivity contribution in [3.8, 4) is 0 Å². The standard InChI is InChI=1S/C38H29N5O8/c44-21-28-37(49,30(45)24-13-5-1-6-14-24)38(50,31(46)25-15-7-2-8-16-25)36(51-28)42-23-41-29-32(42)39-22-40-33(29)43(34(47)26-17-9-3-10-18-26)35(48)27-19-11-4-12-20-27/h1-20,22-23,28,36,44,49-50H,21H2/t28?,36?,37-,38-/m0/s1. The van der Waals surface area contributed by atoms with Crippen LogP contribution in [-0.4, -0.2) is 82.1 Å². The molecule has 0 aliphatic carbocycles. The number of imidazole rings is 1. The number of fused-ring (bicyclic) bond motifs is 1. The van der Waals surface area contributed by atoms with Crippen molar-refractivity contribution in [3.05, 3.63) is 156 Å². The van der Waals surface area contributed by atoms with Gasteiger partial charge in [0.25, 0.3) is 11.8 Å². The van der Waals surface area contributed by atoms with E-state index >= 15 is 0 Å². The molecule has 7 rings (SSSR count). The molecule has 3 heterocycles. The minimum absolute atomic E-state index is 0.0587. The summed E-state index contributed by atoms with van der Waals surface area (Å²) in [6.45, 7) is -0.978. The third-order valence-corrected chi connectivity index (χ3v) is 8.88. The predicted octanol–water partition coefficient (Wildman–Crippen LogP) is 3.43. The molecule has 4 atom stereocenters. The molecule has 1 aliphatic heterocycles. The fraction of sp³-hybridized carbons (Fsp3) is 0.132. The summed E-state index contributed by atoms with van der Waals surface area (Å²) < 4.78 is 7.13. The molecule has 6 aromatic rings. The number of carbonyl (C=O) groups excluding carboxylic acids is 4. The Balaban J connectivity index is 1.42. The number of nitrogens with zero attached hydrogens (tertiary/aromatic N) is 5. The predicted molar refractivity (Wildman–Crippen MR) is 182 cm³/mol. The average Bonchev–Trinajstić information content (AvgIpc) is 3.72. The molecule has 0 saturated carbocycles. The zero-order valence-corrected chi connectivity index (χ0v) is 26.7. The highest BCUT2D eigenvalue weighted by Crippen LogP contribution is 2.50. The molecule has 1 saturated heterocycles. The lowest BCUT2D eigenvalue weighted by Gasteiger charge is -2.38. The van der Waals surface area contributed by atoms with E-state index in [1.165, 1.54) is 72.8 Å². The monoisotopic (exact) mass is 683 g/mol. The van der Waals surface area contributed by atoms with E-state index in [1.54, 1.807) is 48.5 Å². The van der Waals surface area contributed by atoms with Gasteiger partial charge in [-0.3, -0.25) is 23.7 Å². The average molecular weight is 684 g/mol. The van der Waals surface area contributed by atoms with Gasteiger partial charge in [0.15, 0.2) is 28.8 Å². The first kappa shape index (κ1) is 33.3. The van der Waals surface area contributed by atoms with E-state index in [2.05, 4.69) is 15.0 Å². The van der Waals surface area contributed by atoms with E-state index in [0.717, 1.165) is 22.1 Å². The first-order chi connectivity index (χ1) is 24.7. The number of benzene rings is 4. The number of hydrogen-bond donors (Lipinski definition) is 3.